The number of halogens is 1. The van der Waals surface area contributed by atoms with Gasteiger partial charge in [0.05, 0.1) is 14.2 Å². The van der Waals surface area contributed by atoms with Crippen molar-refractivity contribution >= 4 is 27.9 Å². The van der Waals surface area contributed by atoms with Crippen LogP contribution in [0, 0.1) is 5.41 Å². The molecule has 5 heteroatoms. The zero-order valence-electron chi connectivity index (χ0n) is 10.8. The van der Waals surface area contributed by atoms with E-state index in [0.717, 1.165) is 5.56 Å². The van der Waals surface area contributed by atoms with Crippen LogP contribution in [0.25, 0.3) is 0 Å². The van der Waals surface area contributed by atoms with Crippen LogP contribution in [-0.2, 0) is 25.5 Å². The molecule has 0 atom stereocenters. The van der Waals surface area contributed by atoms with Gasteiger partial charge >= 0.3 is 11.9 Å². The van der Waals surface area contributed by atoms with Gasteiger partial charge in [-0.1, -0.05) is 46.3 Å². The molecule has 0 aliphatic rings. The molecule has 0 spiro atoms. The largest absolute Gasteiger partial charge is 0.468 e. The van der Waals surface area contributed by atoms with Crippen LogP contribution in [0.2, 0.25) is 0 Å². The first-order chi connectivity index (χ1) is 9.10. The summed E-state index contributed by atoms with van der Waals surface area (Å²) in [6.07, 6.45) is 1.62. The minimum atomic E-state index is -1.48. The number of rotatable bonds is 5. The molecule has 1 aromatic rings. The van der Waals surface area contributed by atoms with E-state index in [4.69, 9.17) is 9.47 Å². The Labute approximate surface area is 120 Å². The molecule has 0 heterocycles. The number of hydrogen-bond donors (Lipinski definition) is 0. The highest BCUT2D eigenvalue weighted by Crippen LogP contribution is 2.29. The molecular weight excluding hydrogens is 312 g/mol. The Balaban J connectivity index is 3.23. The Morgan fingerprint density at radius 2 is 1.68 bits per heavy atom. The lowest BCUT2D eigenvalue weighted by molar-refractivity contribution is -0.165. The van der Waals surface area contributed by atoms with Crippen molar-refractivity contribution in [1.29, 1.82) is 0 Å². The summed E-state index contributed by atoms with van der Waals surface area (Å²) in [5, 5.41) is 0. The monoisotopic (exact) mass is 326 g/mol. The van der Waals surface area contributed by atoms with Gasteiger partial charge in [0.2, 0.25) is 0 Å². The number of ether oxygens (including phenoxy) is 2. The van der Waals surface area contributed by atoms with Crippen LogP contribution >= 0.6 is 15.9 Å². The zero-order chi connectivity index (χ0) is 14.3. The second-order valence-corrected chi connectivity index (χ2v) is 4.44. The molecule has 4 nitrogen and oxygen atoms in total. The van der Waals surface area contributed by atoms with E-state index >= 15 is 0 Å². The lowest BCUT2D eigenvalue weighted by Crippen LogP contribution is -2.41. The fraction of sp³-hybridized carbons (Fsp3) is 0.286. The maximum Gasteiger partial charge on any atom is 0.327 e. The van der Waals surface area contributed by atoms with Crippen molar-refractivity contribution in [2.45, 2.75) is 6.42 Å². The van der Waals surface area contributed by atoms with Gasteiger partial charge in [0.15, 0.2) is 5.41 Å². The third-order valence-corrected chi connectivity index (χ3v) is 3.04. The quantitative estimate of drug-likeness (QED) is 0.616. The van der Waals surface area contributed by atoms with Crippen molar-refractivity contribution in [2.24, 2.45) is 5.41 Å². The summed E-state index contributed by atoms with van der Waals surface area (Å²) < 4.78 is 9.50. The van der Waals surface area contributed by atoms with Gasteiger partial charge in [0.25, 0.3) is 0 Å². The Morgan fingerprint density at radius 1 is 1.16 bits per heavy atom. The fourth-order valence-electron chi connectivity index (χ4n) is 1.81. The van der Waals surface area contributed by atoms with E-state index in [9.17, 15) is 9.59 Å². The van der Waals surface area contributed by atoms with E-state index in [0.29, 0.717) is 0 Å². The van der Waals surface area contributed by atoms with Crippen LogP contribution in [0.4, 0.5) is 0 Å². The van der Waals surface area contributed by atoms with Crippen LogP contribution in [-0.4, -0.2) is 26.2 Å². The topological polar surface area (TPSA) is 52.6 Å². The van der Waals surface area contributed by atoms with Crippen LogP contribution in [0.5, 0.6) is 0 Å². The number of esters is 2. The molecule has 0 saturated heterocycles. The highest BCUT2D eigenvalue weighted by atomic mass is 79.9. The van der Waals surface area contributed by atoms with E-state index in [-0.39, 0.29) is 6.42 Å². The molecule has 0 radical (unpaired) electrons. The maximum absolute atomic E-state index is 12.0. The number of hydrogen-bond acceptors (Lipinski definition) is 4. The van der Waals surface area contributed by atoms with Crippen molar-refractivity contribution in [2.75, 3.05) is 14.2 Å². The van der Waals surface area contributed by atoms with Gasteiger partial charge in [-0.3, -0.25) is 9.59 Å². The van der Waals surface area contributed by atoms with E-state index < -0.39 is 17.4 Å². The summed E-state index contributed by atoms with van der Waals surface area (Å²) in [7, 11) is 2.49. The predicted octanol–water partition coefficient (Wildman–Crippen LogP) is 2.47. The summed E-state index contributed by atoms with van der Waals surface area (Å²) >= 11 is 3.10. The summed E-state index contributed by atoms with van der Waals surface area (Å²) in [6, 6.07) is 9.21. The Kier molecular flexibility index (Phi) is 5.76. The summed E-state index contributed by atoms with van der Waals surface area (Å²) in [5.41, 5.74) is -0.641. The number of benzene rings is 1. The third kappa shape index (κ3) is 3.44. The Morgan fingerprint density at radius 3 is 2.11 bits per heavy atom. The van der Waals surface area contributed by atoms with E-state index in [1.54, 1.807) is 0 Å². The summed E-state index contributed by atoms with van der Waals surface area (Å²) in [6.45, 7) is 0. The number of carbonyl (C=O) groups is 2. The highest BCUT2D eigenvalue weighted by Gasteiger charge is 2.46. The first-order valence-corrected chi connectivity index (χ1v) is 6.51. The normalized spacial score (nSPS) is 11.3. The van der Waals surface area contributed by atoms with Gasteiger partial charge in [-0.25, -0.2) is 0 Å². The van der Waals surface area contributed by atoms with Crippen molar-refractivity contribution in [3.8, 4) is 0 Å². The zero-order valence-corrected chi connectivity index (χ0v) is 12.3. The summed E-state index contributed by atoms with van der Waals surface area (Å²) in [5.74, 6) is -1.31. The minimum Gasteiger partial charge on any atom is -0.468 e. The second kappa shape index (κ2) is 7.09. The molecule has 1 rings (SSSR count). The van der Waals surface area contributed by atoms with Crippen molar-refractivity contribution in [3.05, 3.63) is 47.0 Å². The van der Waals surface area contributed by atoms with Crippen molar-refractivity contribution in [1.82, 2.24) is 0 Å². The van der Waals surface area contributed by atoms with Crippen LogP contribution in [0.15, 0.2) is 41.4 Å². The van der Waals surface area contributed by atoms with E-state index in [1.165, 1.54) is 25.3 Å². The van der Waals surface area contributed by atoms with Gasteiger partial charge in [-0.05, 0) is 16.6 Å². The predicted molar refractivity (Wildman–Crippen MR) is 74.7 cm³/mol. The number of carbonyl (C=O) groups excluding carboxylic acids is 2. The first-order valence-electron chi connectivity index (χ1n) is 5.59. The smallest absolute Gasteiger partial charge is 0.327 e. The molecule has 0 aromatic heterocycles. The number of methoxy groups -OCH3 is 2. The molecule has 0 N–H and O–H groups in total. The average Bonchev–Trinajstić information content (AvgIpc) is 2.46. The van der Waals surface area contributed by atoms with Gasteiger partial charge in [0.1, 0.15) is 0 Å². The summed E-state index contributed by atoms with van der Waals surface area (Å²) in [4.78, 5) is 25.5. The third-order valence-electron chi connectivity index (χ3n) is 2.77. The van der Waals surface area contributed by atoms with Gasteiger partial charge in [-0.15, -0.1) is 0 Å². The van der Waals surface area contributed by atoms with E-state index in [2.05, 4.69) is 15.9 Å². The second-order valence-electron chi connectivity index (χ2n) is 3.91. The molecular formula is C14H15BrO4. The SMILES string of the molecule is COC(=O)C(/C=C/Br)(Cc1ccccc1)C(=O)OC. The fourth-order valence-corrected chi connectivity index (χ4v) is 2.26. The lowest BCUT2D eigenvalue weighted by Gasteiger charge is -2.24. The maximum atomic E-state index is 12.0. The highest BCUT2D eigenvalue weighted by molar-refractivity contribution is 9.11. The van der Waals surface area contributed by atoms with Crippen molar-refractivity contribution < 1.29 is 19.1 Å². The molecule has 19 heavy (non-hydrogen) atoms. The molecule has 0 bridgehead atoms. The standard InChI is InChI=1S/C14H15BrO4/c1-18-12(16)14(8-9-15,13(17)19-2)10-11-6-4-3-5-7-11/h3-9H,10H2,1-2H3/b9-8+. The van der Waals surface area contributed by atoms with Crippen LogP contribution < -0.4 is 0 Å². The molecule has 0 aliphatic carbocycles. The van der Waals surface area contributed by atoms with Crippen molar-refractivity contribution in [3.63, 3.8) is 0 Å². The molecule has 0 unspecified atom stereocenters. The molecule has 1 aromatic carbocycles. The van der Waals surface area contributed by atoms with Crippen LogP contribution in [0.3, 0.4) is 0 Å². The Hall–Kier alpha value is -1.62. The molecule has 102 valence electrons. The average molecular weight is 327 g/mol. The van der Waals surface area contributed by atoms with E-state index in [1.807, 2.05) is 30.3 Å². The van der Waals surface area contributed by atoms with Gasteiger partial charge in [0, 0.05) is 6.42 Å². The molecule has 0 aliphatic heterocycles. The first kappa shape index (κ1) is 15.4. The van der Waals surface area contributed by atoms with Gasteiger partial charge < -0.3 is 9.47 Å². The lowest BCUT2D eigenvalue weighted by atomic mass is 9.81. The van der Waals surface area contributed by atoms with Crippen LogP contribution in [0.1, 0.15) is 5.56 Å². The molecule has 0 saturated carbocycles. The Bertz CT molecular complexity index is 452. The van der Waals surface area contributed by atoms with Gasteiger partial charge in [-0.2, -0.15) is 0 Å². The molecule has 0 fully saturated rings. The molecule has 0 amide bonds. The minimum absolute atomic E-state index is 0.176.